The molecule has 0 saturated heterocycles. The van der Waals surface area contributed by atoms with Gasteiger partial charge in [-0.25, -0.2) is 4.98 Å². The van der Waals surface area contributed by atoms with Gasteiger partial charge < -0.3 is 26.0 Å². The van der Waals surface area contributed by atoms with E-state index in [0.29, 0.717) is 32.5 Å². The Balaban J connectivity index is 2.07. The van der Waals surface area contributed by atoms with Crippen LogP contribution in [0, 0.1) is 13.8 Å². The summed E-state index contributed by atoms with van der Waals surface area (Å²) in [6, 6.07) is 6.16. The van der Waals surface area contributed by atoms with Crippen molar-refractivity contribution in [1.82, 2.24) is 14.9 Å². The molecule has 0 amide bonds. The number of aliphatic hydroxyl groups is 1. The first kappa shape index (κ1) is 28.3. The van der Waals surface area contributed by atoms with Gasteiger partial charge in [0.25, 0.3) is 0 Å². The lowest BCUT2D eigenvalue weighted by Crippen LogP contribution is -2.31. The van der Waals surface area contributed by atoms with Gasteiger partial charge in [-0.3, -0.25) is 9.69 Å². The van der Waals surface area contributed by atoms with Crippen molar-refractivity contribution in [3.8, 4) is 5.75 Å². The number of aromatic nitrogens is 2. The van der Waals surface area contributed by atoms with Crippen LogP contribution in [-0.2, 0) is 11.2 Å². The second kappa shape index (κ2) is 14.5. The third-order valence-corrected chi connectivity index (χ3v) is 6.06. The Morgan fingerprint density at radius 1 is 1.23 bits per heavy atom. The number of ether oxygens (including phenoxy) is 1. The summed E-state index contributed by atoms with van der Waals surface area (Å²) in [5.74, 6) is 0.942. The van der Waals surface area contributed by atoms with E-state index in [4.69, 9.17) is 15.6 Å². The Morgan fingerprint density at radius 3 is 2.63 bits per heavy atom. The molecule has 0 saturated carbocycles. The van der Waals surface area contributed by atoms with Crippen molar-refractivity contribution >= 4 is 17.7 Å². The number of benzene rings is 1. The van der Waals surface area contributed by atoms with Gasteiger partial charge in [-0.1, -0.05) is 26.3 Å². The summed E-state index contributed by atoms with van der Waals surface area (Å²) in [5.41, 5.74) is 10.0. The molecular weight excluding hydrogens is 446 g/mol. The molecular formula is C26H41N5O4. The summed E-state index contributed by atoms with van der Waals surface area (Å²) >= 11 is 0. The maximum absolute atomic E-state index is 10.9. The number of carboxylic acid groups (broad SMARTS) is 1. The van der Waals surface area contributed by atoms with Crippen LogP contribution in [0.15, 0.2) is 18.2 Å². The fraction of sp³-hybridized carbons (Fsp3) is 0.577. The average molecular weight is 488 g/mol. The lowest BCUT2D eigenvalue weighted by Gasteiger charge is -2.21. The normalized spacial score (nSPS) is 12.1. The number of nitrogens with zero attached hydrogens (tertiary/aromatic N) is 3. The first-order valence-corrected chi connectivity index (χ1v) is 12.4. The lowest BCUT2D eigenvalue weighted by molar-refractivity contribution is -0.138. The molecule has 9 nitrogen and oxygen atoms in total. The van der Waals surface area contributed by atoms with Gasteiger partial charge in [-0.15, -0.1) is 0 Å². The largest absolute Gasteiger partial charge is 0.494 e. The predicted octanol–water partition coefficient (Wildman–Crippen LogP) is 3.40. The van der Waals surface area contributed by atoms with E-state index in [0.717, 1.165) is 53.2 Å². The number of likely N-dealkylation sites (N-methyl/N-ethyl adjacent to an activating group) is 1. The number of hydrogen-bond donors (Lipinski definition) is 4. The van der Waals surface area contributed by atoms with E-state index in [1.54, 1.807) is 0 Å². The molecule has 0 unspecified atom stereocenters. The van der Waals surface area contributed by atoms with Crippen LogP contribution in [0.5, 0.6) is 5.75 Å². The molecule has 5 N–H and O–H groups in total. The molecule has 0 aliphatic carbocycles. The highest BCUT2D eigenvalue weighted by atomic mass is 16.5. The maximum Gasteiger partial charge on any atom is 0.317 e. The van der Waals surface area contributed by atoms with Crippen molar-refractivity contribution < 1.29 is 19.7 Å². The molecule has 194 valence electrons. The highest BCUT2D eigenvalue weighted by Crippen LogP contribution is 2.26. The van der Waals surface area contributed by atoms with Gasteiger partial charge in [-0.05, 0) is 62.9 Å². The Bertz CT molecular complexity index is 948. The monoisotopic (exact) mass is 487 g/mol. The van der Waals surface area contributed by atoms with Gasteiger partial charge in [0.2, 0.25) is 5.95 Å². The summed E-state index contributed by atoms with van der Waals surface area (Å²) in [5, 5.41) is 21.9. The summed E-state index contributed by atoms with van der Waals surface area (Å²) in [6.07, 6.45) is 3.99. The fourth-order valence-corrected chi connectivity index (χ4v) is 4.10. The summed E-state index contributed by atoms with van der Waals surface area (Å²) < 4.78 is 5.91. The second-order valence-corrected chi connectivity index (χ2v) is 8.87. The van der Waals surface area contributed by atoms with Crippen molar-refractivity contribution in [3.63, 3.8) is 0 Å². The average Bonchev–Trinajstić information content (AvgIpc) is 2.79. The third kappa shape index (κ3) is 9.33. The van der Waals surface area contributed by atoms with Crippen molar-refractivity contribution in [2.24, 2.45) is 0 Å². The van der Waals surface area contributed by atoms with Crippen molar-refractivity contribution in [2.75, 3.05) is 43.9 Å². The Labute approximate surface area is 208 Å². The van der Waals surface area contributed by atoms with Gasteiger partial charge in [-0.2, -0.15) is 4.98 Å². The van der Waals surface area contributed by atoms with Gasteiger partial charge in [0.15, 0.2) is 0 Å². The van der Waals surface area contributed by atoms with Crippen LogP contribution in [0.2, 0.25) is 0 Å². The van der Waals surface area contributed by atoms with E-state index in [-0.39, 0.29) is 25.1 Å². The van der Waals surface area contributed by atoms with E-state index >= 15 is 0 Å². The Hall–Kier alpha value is -2.91. The molecule has 0 radical (unpaired) electrons. The minimum Gasteiger partial charge on any atom is -0.494 e. The number of carbonyl (C=O) groups is 1. The highest BCUT2D eigenvalue weighted by molar-refractivity contribution is 5.69. The van der Waals surface area contributed by atoms with E-state index in [1.165, 1.54) is 0 Å². The number of anilines is 2. The third-order valence-electron chi connectivity index (χ3n) is 6.06. The smallest absolute Gasteiger partial charge is 0.317 e. The van der Waals surface area contributed by atoms with Crippen LogP contribution in [0.1, 0.15) is 61.9 Å². The summed E-state index contributed by atoms with van der Waals surface area (Å²) in [4.78, 5) is 21.6. The number of nitrogens with two attached hydrogens (primary N) is 1. The zero-order chi connectivity index (χ0) is 25.8. The van der Waals surface area contributed by atoms with Crippen molar-refractivity contribution in [2.45, 2.75) is 65.8 Å². The molecule has 35 heavy (non-hydrogen) atoms. The van der Waals surface area contributed by atoms with Gasteiger partial charge in [0, 0.05) is 36.9 Å². The number of aliphatic carboxylic acids is 1. The standard InChI is InChI=1S/C26H41N5O4/c1-5-8-21(11-13-32)29-25-23(19(4)28-26(27)30-25)16-20-9-10-22(15-18(20)3)35-14-7-12-31(6-2)17-24(33)34/h9-10,15,21,32H,5-8,11-14,16-17H2,1-4H3,(H,33,34)(H3,27,28,29,30)/t21-/m0/s1. The maximum atomic E-state index is 10.9. The molecule has 1 heterocycles. The molecule has 2 rings (SSSR count). The van der Waals surface area contributed by atoms with Crippen LogP contribution >= 0.6 is 0 Å². The SMILES string of the molecule is CCC[C@@H](CCO)Nc1nc(N)nc(C)c1Cc1ccc(OCCCN(CC)CC(=O)O)cc1C. The minimum atomic E-state index is -0.812. The van der Waals surface area contributed by atoms with Crippen LogP contribution < -0.4 is 15.8 Å². The van der Waals surface area contributed by atoms with E-state index in [2.05, 4.69) is 35.2 Å². The van der Waals surface area contributed by atoms with E-state index in [1.807, 2.05) is 30.9 Å². The number of carboxylic acids is 1. The quantitative estimate of drug-likeness (QED) is 0.263. The number of aliphatic hydroxyl groups excluding tert-OH is 1. The van der Waals surface area contributed by atoms with Crippen LogP contribution in [0.25, 0.3) is 0 Å². The molecule has 0 fully saturated rings. The van der Waals surface area contributed by atoms with Gasteiger partial charge in [0.1, 0.15) is 11.6 Å². The molecule has 0 aliphatic heterocycles. The predicted molar refractivity (Wildman–Crippen MR) is 139 cm³/mol. The van der Waals surface area contributed by atoms with E-state index in [9.17, 15) is 9.90 Å². The number of nitrogen functional groups attached to an aromatic ring is 1. The Morgan fingerprint density at radius 2 is 2.00 bits per heavy atom. The van der Waals surface area contributed by atoms with Crippen LogP contribution in [-0.4, -0.2) is 69.9 Å². The molecule has 1 aromatic carbocycles. The molecule has 0 aliphatic rings. The molecule has 2 aromatic rings. The summed E-state index contributed by atoms with van der Waals surface area (Å²) in [7, 11) is 0. The molecule has 0 spiro atoms. The number of aryl methyl sites for hydroxylation is 2. The van der Waals surface area contributed by atoms with Gasteiger partial charge >= 0.3 is 5.97 Å². The first-order valence-electron chi connectivity index (χ1n) is 12.4. The minimum absolute atomic E-state index is 0.0502. The molecule has 9 heteroatoms. The van der Waals surface area contributed by atoms with E-state index < -0.39 is 5.97 Å². The fourth-order valence-electron chi connectivity index (χ4n) is 4.10. The zero-order valence-electron chi connectivity index (χ0n) is 21.5. The van der Waals surface area contributed by atoms with Crippen molar-refractivity contribution in [1.29, 1.82) is 0 Å². The number of rotatable bonds is 16. The Kier molecular flexibility index (Phi) is 11.7. The van der Waals surface area contributed by atoms with Crippen LogP contribution in [0.3, 0.4) is 0 Å². The van der Waals surface area contributed by atoms with Crippen LogP contribution in [0.4, 0.5) is 11.8 Å². The number of nitrogens with one attached hydrogen (secondary N) is 1. The molecule has 0 bridgehead atoms. The van der Waals surface area contributed by atoms with Crippen molar-refractivity contribution in [3.05, 3.63) is 40.6 Å². The van der Waals surface area contributed by atoms with Gasteiger partial charge in [0.05, 0.1) is 13.2 Å². The molecule has 1 aromatic heterocycles. The lowest BCUT2D eigenvalue weighted by atomic mass is 9.99. The zero-order valence-corrected chi connectivity index (χ0v) is 21.5. The topological polar surface area (TPSA) is 134 Å². The second-order valence-electron chi connectivity index (χ2n) is 8.87. The molecule has 1 atom stereocenters. The number of hydrogen-bond acceptors (Lipinski definition) is 8. The first-order chi connectivity index (χ1) is 16.8. The highest BCUT2D eigenvalue weighted by Gasteiger charge is 2.16. The summed E-state index contributed by atoms with van der Waals surface area (Å²) in [6.45, 7) is 10.1.